The Morgan fingerprint density at radius 2 is 2.24 bits per heavy atom. The van der Waals surface area contributed by atoms with Crippen LogP contribution in [0.5, 0.6) is 0 Å². The maximum Gasteiger partial charge on any atom is 0.240 e. The summed E-state index contributed by atoms with van der Waals surface area (Å²) in [7, 11) is -3.55. The lowest BCUT2D eigenvalue weighted by atomic mass is 10.2. The van der Waals surface area contributed by atoms with Gasteiger partial charge in [0.2, 0.25) is 10.0 Å². The Hall–Kier alpha value is -1.77. The average Bonchev–Trinajstić information content (AvgIpc) is 2.97. The molecule has 0 bridgehead atoms. The van der Waals surface area contributed by atoms with Crippen LogP contribution in [-0.2, 0) is 16.6 Å². The number of hydrogen-bond donors (Lipinski definition) is 2. The van der Waals surface area contributed by atoms with E-state index in [1.807, 2.05) is 10.8 Å². The lowest BCUT2D eigenvalue weighted by Gasteiger charge is -2.08. The number of nitrogens with one attached hydrogen (secondary N) is 1. The van der Waals surface area contributed by atoms with E-state index in [1.54, 1.807) is 24.7 Å². The van der Waals surface area contributed by atoms with Gasteiger partial charge in [0, 0.05) is 31.0 Å². The molecule has 0 saturated carbocycles. The van der Waals surface area contributed by atoms with Crippen molar-refractivity contribution in [1.29, 1.82) is 0 Å². The van der Waals surface area contributed by atoms with Crippen molar-refractivity contribution in [1.82, 2.24) is 14.3 Å². The maximum atomic E-state index is 12.2. The van der Waals surface area contributed by atoms with Crippen molar-refractivity contribution < 1.29 is 8.42 Å². The summed E-state index contributed by atoms with van der Waals surface area (Å²) < 4.78 is 28.8. The Bertz CT molecular complexity index is 712. The Balaban J connectivity index is 1.95. The van der Waals surface area contributed by atoms with Crippen LogP contribution in [-0.4, -0.2) is 29.5 Å². The molecule has 6 nitrogen and oxygen atoms in total. The molecule has 2 rings (SSSR count). The highest BCUT2D eigenvalue weighted by atomic mass is 32.2. The van der Waals surface area contributed by atoms with Crippen LogP contribution in [0.15, 0.2) is 47.9 Å². The Morgan fingerprint density at radius 1 is 1.43 bits per heavy atom. The van der Waals surface area contributed by atoms with Crippen molar-refractivity contribution in [3.8, 4) is 0 Å². The predicted molar refractivity (Wildman–Crippen MR) is 84.4 cm³/mol. The molecule has 0 radical (unpaired) electrons. The average molecular weight is 324 g/mol. The number of rotatable bonds is 7. The van der Waals surface area contributed by atoms with E-state index in [1.165, 1.54) is 12.1 Å². The highest BCUT2D eigenvalue weighted by Crippen LogP contribution is 2.11. The molecule has 0 aliphatic rings. The summed E-state index contributed by atoms with van der Waals surface area (Å²) in [5, 5.41) is 0. The van der Waals surface area contributed by atoms with Gasteiger partial charge in [-0.25, -0.2) is 18.1 Å². The highest BCUT2D eigenvalue weighted by molar-refractivity contribution is 7.89. The van der Waals surface area contributed by atoms with Gasteiger partial charge in [0.15, 0.2) is 0 Å². The zero-order valence-corrected chi connectivity index (χ0v) is 12.9. The fourth-order valence-corrected chi connectivity index (χ4v) is 3.03. The van der Waals surface area contributed by atoms with Crippen LogP contribution < -0.4 is 10.5 Å². The second-order valence-electron chi connectivity index (χ2n) is 4.44. The lowest BCUT2D eigenvalue weighted by molar-refractivity contribution is 0.570. The third-order valence-electron chi connectivity index (χ3n) is 2.87. The van der Waals surface area contributed by atoms with Gasteiger partial charge in [-0.2, -0.15) is 0 Å². The van der Waals surface area contributed by atoms with Crippen LogP contribution in [0, 0.1) is 0 Å². The van der Waals surface area contributed by atoms with E-state index in [9.17, 15) is 8.42 Å². The summed E-state index contributed by atoms with van der Waals surface area (Å²) in [5.41, 5.74) is 6.04. The zero-order valence-electron chi connectivity index (χ0n) is 11.3. The summed E-state index contributed by atoms with van der Waals surface area (Å²) in [5.74, 6) is 0. The minimum Gasteiger partial charge on any atom is -0.389 e. The van der Waals surface area contributed by atoms with Gasteiger partial charge in [-0.1, -0.05) is 24.4 Å². The number of aromatic nitrogens is 2. The minimum atomic E-state index is -3.55. The first-order valence-electron chi connectivity index (χ1n) is 6.34. The van der Waals surface area contributed by atoms with Crippen molar-refractivity contribution in [3.63, 3.8) is 0 Å². The van der Waals surface area contributed by atoms with Crippen molar-refractivity contribution in [3.05, 3.63) is 48.5 Å². The summed E-state index contributed by atoms with van der Waals surface area (Å²) >= 11 is 4.85. The summed E-state index contributed by atoms with van der Waals surface area (Å²) in [6.45, 7) is 1.05. The molecule has 8 heteroatoms. The molecule has 2 aromatic rings. The van der Waals surface area contributed by atoms with E-state index in [2.05, 4.69) is 9.71 Å². The van der Waals surface area contributed by atoms with Crippen LogP contribution in [0.2, 0.25) is 0 Å². The number of imidazole rings is 1. The van der Waals surface area contributed by atoms with Crippen molar-refractivity contribution in [2.75, 3.05) is 6.54 Å². The van der Waals surface area contributed by atoms with E-state index in [0.717, 1.165) is 0 Å². The van der Waals surface area contributed by atoms with E-state index in [0.29, 0.717) is 25.1 Å². The van der Waals surface area contributed by atoms with Gasteiger partial charge in [-0.05, 0) is 18.6 Å². The quantitative estimate of drug-likeness (QED) is 0.583. The monoisotopic (exact) mass is 324 g/mol. The topological polar surface area (TPSA) is 90.0 Å². The van der Waals surface area contributed by atoms with Crippen LogP contribution in [0.4, 0.5) is 0 Å². The van der Waals surface area contributed by atoms with Gasteiger partial charge in [-0.15, -0.1) is 0 Å². The Labute approximate surface area is 129 Å². The Kier molecular flexibility index (Phi) is 5.05. The molecule has 0 atom stereocenters. The van der Waals surface area contributed by atoms with Gasteiger partial charge in [0.25, 0.3) is 0 Å². The molecule has 1 aromatic carbocycles. The molecule has 0 fully saturated rings. The SMILES string of the molecule is NC(=S)c1cccc(S(=O)(=O)NCCCn2ccnc2)c1. The van der Waals surface area contributed by atoms with E-state index < -0.39 is 10.0 Å². The molecule has 112 valence electrons. The normalized spacial score (nSPS) is 11.4. The number of nitrogens with two attached hydrogens (primary N) is 1. The molecule has 1 heterocycles. The third-order valence-corrected chi connectivity index (χ3v) is 4.57. The fourth-order valence-electron chi connectivity index (χ4n) is 1.79. The van der Waals surface area contributed by atoms with Gasteiger partial charge < -0.3 is 10.3 Å². The molecule has 0 saturated heterocycles. The van der Waals surface area contributed by atoms with E-state index >= 15 is 0 Å². The molecule has 0 spiro atoms. The molecule has 0 aliphatic heterocycles. The first-order chi connectivity index (χ1) is 9.99. The van der Waals surface area contributed by atoms with Crippen molar-refractivity contribution in [2.45, 2.75) is 17.9 Å². The molecule has 21 heavy (non-hydrogen) atoms. The number of benzene rings is 1. The molecule has 1 aromatic heterocycles. The summed E-state index contributed by atoms with van der Waals surface area (Å²) in [6, 6.07) is 6.29. The Morgan fingerprint density at radius 3 is 2.90 bits per heavy atom. The highest BCUT2D eigenvalue weighted by Gasteiger charge is 2.14. The smallest absolute Gasteiger partial charge is 0.240 e. The molecular formula is C13H16N4O2S2. The standard InChI is InChI=1S/C13H16N4O2S2/c14-13(20)11-3-1-4-12(9-11)21(18,19)16-5-2-7-17-8-6-15-10-17/h1,3-4,6,8-10,16H,2,5,7H2,(H2,14,20). The van der Waals surface area contributed by atoms with Gasteiger partial charge >= 0.3 is 0 Å². The number of aryl methyl sites for hydroxylation is 1. The largest absolute Gasteiger partial charge is 0.389 e. The van der Waals surface area contributed by atoms with Gasteiger partial charge in [0.1, 0.15) is 4.99 Å². The van der Waals surface area contributed by atoms with Crippen LogP contribution >= 0.6 is 12.2 Å². The van der Waals surface area contributed by atoms with Gasteiger partial charge in [0.05, 0.1) is 11.2 Å². The van der Waals surface area contributed by atoms with Gasteiger partial charge in [-0.3, -0.25) is 0 Å². The minimum absolute atomic E-state index is 0.162. The van der Waals surface area contributed by atoms with Crippen LogP contribution in [0.1, 0.15) is 12.0 Å². The number of hydrogen-bond acceptors (Lipinski definition) is 4. The van der Waals surface area contributed by atoms with Crippen LogP contribution in [0.3, 0.4) is 0 Å². The van der Waals surface area contributed by atoms with E-state index in [4.69, 9.17) is 18.0 Å². The summed E-state index contributed by atoms with van der Waals surface area (Å²) in [4.78, 5) is 4.26. The molecular weight excluding hydrogens is 308 g/mol. The molecule has 0 amide bonds. The summed E-state index contributed by atoms with van der Waals surface area (Å²) in [6.07, 6.45) is 5.89. The zero-order chi connectivity index (χ0) is 15.3. The first-order valence-corrected chi connectivity index (χ1v) is 8.23. The number of sulfonamides is 1. The fraction of sp³-hybridized carbons (Fsp3) is 0.231. The second kappa shape index (κ2) is 6.79. The third kappa shape index (κ3) is 4.35. The van der Waals surface area contributed by atoms with Crippen molar-refractivity contribution in [2.24, 2.45) is 5.73 Å². The molecule has 0 unspecified atom stereocenters. The van der Waals surface area contributed by atoms with E-state index in [-0.39, 0.29) is 9.88 Å². The number of nitrogens with zero attached hydrogens (tertiary/aromatic N) is 2. The second-order valence-corrected chi connectivity index (χ2v) is 6.65. The molecule has 0 aliphatic carbocycles. The maximum absolute atomic E-state index is 12.2. The lowest BCUT2D eigenvalue weighted by Crippen LogP contribution is -2.26. The van der Waals surface area contributed by atoms with Crippen molar-refractivity contribution >= 4 is 27.2 Å². The van der Waals surface area contributed by atoms with Crippen LogP contribution in [0.25, 0.3) is 0 Å². The predicted octanol–water partition coefficient (Wildman–Crippen LogP) is 0.886. The first kappa shape index (κ1) is 15.6. The molecule has 3 N–H and O–H groups in total. The number of thiocarbonyl (C=S) groups is 1.